The molecule has 3 nitrogen and oxygen atoms in total. The van der Waals surface area contributed by atoms with E-state index in [-0.39, 0.29) is 5.56 Å². The number of nitrogens with zero attached hydrogens (tertiary/aromatic N) is 1. The molecule has 6 heteroatoms. The average molecular weight is 352 g/mol. The summed E-state index contributed by atoms with van der Waals surface area (Å²) in [6.07, 6.45) is 0. The third-order valence-electron chi connectivity index (χ3n) is 2.46. The smallest absolute Gasteiger partial charge is 0.338 e. The molecule has 0 saturated heterocycles. The van der Waals surface area contributed by atoms with E-state index in [1.165, 1.54) is 23.9 Å². The van der Waals surface area contributed by atoms with E-state index in [0.717, 1.165) is 11.0 Å². The van der Waals surface area contributed by atoms with Gasteiger partial charge in [0.2, 0.25) is 0 Å². The van der Waals surface area contributed by atoms with Crippen molar-refractivity contribution in [3.05, 3.63) is 57.8 Å². The van der Waals surface area contributed by atoms with E-state index in [2.05, 4.69) is 15.9 Å². The van der Waals surface area contributed by atoms with Crippen LogP contribution in [0.1, 0.15) is 15.9 Å². The van der Waals surface area contributed by atoms with Crippen LogP contribution < -0.4 is 0 Å². The number of nitriles is 1. The maximum absolute atomic E-state index is 13.3. The van der Waals surface area contributed by atoms with Crippen molar-refractivity contribution in [2.75, 3.05) is 0 Å². The Morgan fingerprint density at radius 3 is 2.50 bits per heavy atom. The molecule has 0 heterocycles. The lowest BCUT2D eigenvalue weighted by Crippen LogP contribution is -2.00. The molecule has 0 saturated carbocycles. The summed E-state index contributed by atoms with van der Waals surface area (Å²) in [5.74, 6) is -2.06. The Labute approximate surface area is 127 Å². The highest BCUT2D eigenvalue weighted by molar-refractivity contribution is 9.10. The lowest BCUT2D eigenvalue weighted by Gasteiger charge is -2.05. The zero-order chi connectivity index (χ0) is 14.7. The molecule has 0 aliphatic carbocycles. The third-order valence-corrected chi connectivity index (χ3v) is 4.10. The Kier molecular flexibility index (Phi) is 4.42. The molecular formula is C14H7BrFNO2S. The van der Waals surface area contributed by atoms with Crippen LogP contribution in [0.3, 0.4) is 0 Å². The number of hydrogen-bond acceptors (Lipinski definition) is 3. The van der Waals surface area contributed by atoms with Crippen molar-refractivity contribution >= 4 is 33.7 Å². The summed E-state index contributed by atoms with van der Waals surface area (Å²) in [6.45, 7) is 0. The first-order chi connectivity index (χ1) is 9.51. The maximum Gasteiger partial charge on any atom is 0.338 e. The van der Waals surface area contributed by atoms with Crippen LogP contribution in [0, 0.1) is 17.1 Å². The second-order valence-electron chi connectivity index (χ2n) is 3.80. The molecule has 0 bridgehead atoms. The molecule has 0 aromatic heterocycles. The minimum atomic E-state index is -1.30. The first kappa shape index (κ1) is 14.6. The quantitative estimate of drug-likeness (QED) is 0.894. The number of carbonyl (C=O) groups is 1. The molecule has 1 N–H and O–H groups in total. The highest BCUT2D eigenvalue weighted by atomic mass is 79.9. The van der Waals surface area contributed by atoms with Crippen LogP contribution in [0.25, 0.3) is 0 Å². The second kappa shape index (κ2) is 6.07. The minimum Gasteiger partial charge on any atom is -0.478 e. The van der Waals surface area contributed by atoms with Crippen molar-refractivity contribution in [2.24, 2.45) is 0 Å². The summed E-state index contributed by atoms with van der Waals surface area (Å²) in [4.78, 5) is 12.3. The number of carboxylic acid groups (broad SMARTS) is 1. The molecular weight excluding hydrogens is 345 g/mol. The Morgan fingerprint density at radius 2 is 1.90 bits per heavy atom. The number of carboxylic acids is 1. The summed E-state index contributed by atoms with van der Waals surface area (Å²) in [5, 5.41) is 17.7. The normalized spacial score (nSPS) is 10.1. The fourth-order valence-electron chi connectivity index (χ4n) is 1.52. The third kappa shape index (κ3) is 3.18. The molecule has 0 aliphatic rings. The van der Waals surface area contributed by atoms with Crippen molar-refractivity contribution in [2.45, 2.75) is 9.79 Å². The topological polar surface area (TPSA) is 61.1 Å². The van der Waals surface area contributed by atoms with Crippen molar-refractivity contribution < 1.29 is 14.3 Å². The van der Waals surface area contributed by atoms with Gasteiger partial charge < -0.3 is 5.11 Å². The van der Waals surface area contributed by atoms with Crippen LogP contribution in [-0.4, -0.2) is 11.1 Å². The van der Waals surface area contributed by atoms with Gasteiger partial charge in [-0.15, -0.1) is 0 Å². The summed E-state index contributed by atoms with van der Waals surface area (Å²) < 4.78 is 13.9. The standard InChI is InChI=1S/C14H7BrFNO2S/c15-12-6-10(2-1-8(12)7-17)20-9-3-4-13(16)11(5-9)14(18)19/h1-6H,(H,18,19). The van der Waals surface area contributed by atoms with Gasteiger partial charge in [-0.1, -0.05) is 11.8 Å². The van der Waals surface area contributed by atoms with Crippen molar-refractivity contribution in [1.82, 2.24) is 0 Å². The van der Waals surface area contributed by atoms with Crippen molar-refractivity contribution in [3.8, 4) is 6.07 Å². The molecule has 100 valence electrons. The Bertz CT molecular complexity index is 728. The summed E-state index contributed by atoms with van der Waals surface area (Å²) >= 11 is 4.57. The molecule has 0 atom stereocenters. The Morgan fingerprint density at radius 1 is 1.25 bits per heavy atom. The highest BCUT2D eigenvalue weighted by Crippen LogP contribution is 2.31. The van der Waals surface area contributed by atoms with Gasteiger partial charge in [0, 0.05) is 14.3 Å². The molecule has 0 aliphatic heterocycles. The molecule has 2 rings (SSSR count). The zero-order valence-corrected chi connectivity index (χ0v) is 12.3. The molecule has 2 aromatic carbocycles. The van der Waals surface area contributed by atoms with E-state index in [1.54, 1.807) is 18.2 Å². The SMILES string of the molecule is N#Cc1ccc(Sc2ccc(F)c(C(=O)O)c2)cc1Br. The van der Waals surface area contributed by atoms with Crippen molar-refractivity contribution in [3.63, 3.8) is 0 Å². The fourth-order valence-corrected chi connectivity index (χ4v) is 3.03. The van der Waals surface area contributed by atoms with Gasteiger partial charge in [0.15, 0.2) is 0 Å². The molecule has 0 radical (unpaired) electrons. The maximum atomic E-state index is 13.3. The summed E-state index contributed by atoms with van der Waals surface area (Å²) in [6, 6.07) is 11.1. The molecule has 0 spiro atoms. The van der Waals surface area contributed by atoms with Crippen LogP contribution in [-0.2, 0) is 0 Å². The second-order valence-corrected chi connectivity index (χ2v) is 5.80. The zero-order valence-electron chi connectivity index (χ0n) is 9.93. The van der Waals surface area contributed by atoms with E-state index >= 15 is 0 Å². The molecule has 0 amide bonds. The fraction of sp³-hybridized carbons (Fsp3) is 0. The first-order valence-electron chi connectivity index (χ1n) is 5.41. The predicted molar refractivity (Wildman–Crippen MR) is 76.3 cm³/mol. The lowest BCUT2D eigenvalue weighted by molar-refractivity contribution is 0.0691. The van der Waals surface area contributed by atoms with E-state index < -0.39 is 11.8 Å². The highest BCUT2D eigenvalue weighted by Gasteiger charge is 2.11. The van der Waals surface area contributed by atoms with Gasteiger partial charge in [0.1, 0.15) is 11.9 Å². The largest absolute Gasteiger partial charge is 0.478 e. The van der Waals surface area contributed by atoms with E-state index in [1.807, 2.05) is 6.07 Å². The monoisotopic (exact) mass is 351 g/mol. The van der Waals surface area contributed by atoms with Crippen LogP contribution in [0.4, 0.5) is 4.39 Å². The number of hydrogen-bond donors (Lipinski definition) is 1. The van der Waals surface area contributed by atoms with Gasteiger partial charge in [-0.25, -0.2) is 9.18 Å². The number of aromatic carboxylic acids is 1. The average Bonchev–Trinajstić information content (AvgIpc) is 2.41. The van der Waals surface area contributed by atoms with Gasteiger partial charge in [0.25, 0.3) is 0 Å². The van der Waals surface area contributed by atoms with Gasteiger partial charge in [-0.05, 0) is 52.3 Å². The molecule has 20 heavy (non-hydrogen) atoms. The summed E-state index contributed by atoms with van der Waals surface area (Å²) in [5.41, 5.74) is 0.155. The van der Waals surface area contributed by atoms with E-state index in [9.17, 15) is 9.18 Å². The molecule has 0 unspecified atom stereocenters. The van der Waals surface area contributed by atoms with Crippen LogP contribution in [0.15, 0.2) is 50.7 Å². The van der Waals surface area contributed by atoms with Gasteiger partial charge in [-0.3, -0.25) is 0 Å². The number of rotatable bonds is 3. The molecule has 2 aromatic rings. The predicted octanol–water partition coefficient (Wildman–Crippen LogP) is 4.31. The number of halogens is 2. The van der Waals surface area contributed by atoms with Crippen LogP contribution in [0.5, 0.6) is 0 Å². The van der Waals surface area contributed by atoms with Gasteiger partial charge >= 0.3 is 5.97 Å². The van der Waals surface area contributed by atoms with E-state index in [4.69, 9.17) is 10.4 Å². The van der Waals surface area contributed by atoms with Crippen molar-refractivity contribution in [1.29, 1.82) is 5.26 Å². The molecule has 0 fully saturated rings. The van der Waals surface area contributed by atoms with Crippen LogP contribution >= 0.6 is 27.7 Å². The van der Waals surface area contributed by atoms with Gasteiger partial charge in [-0.2, -0.15) is 5.26 Å². The first-order valence-corrected chi connectivity index (χ1v) is 7.02. The Balaban J connectivity index is 2.31. The lowest BCUT2D eigenvalue weighted by atomic mass is 10.2. The van der Waals surface area contributed by atoms with E-state index in [0.29, 0.717) is 14.9 Å². The van der Waals surface area contributed by atoms with Crippen LogP contribution in [0.2, 0.25) is 0 Å². The summed E-state index contributed by atoms with van der Waals surface area (Å²) in [7, 11) is 0. The minimum absolute atomic E-state index is 0.359. The van der Waals surface area contributed by atoms with Gasteiger partial charge in [0.05, 0.1) is 11.1 Å². The Hall–Kier alpha value is -1.84. The number of benzene rings is 2.